The molecule has 4 nitrogen and oxygen atoms in total. The van der Waals surface area contributed by atoms with Gasteiger partial charge >= 0.3 is 0 Å². The van der Waals surface area contributed by atoms with Crippen LogP contribution in [0.2, 0.25) is 0 Å². The molecule has 0 unspecified atom stereocenters. The third kappa shape index (κ3) is 3.85. The molecule has 0 fully saturated rings. The predicted molar refractivity (Wildman–Crippen MR) is 86.8 cm³/mol. The van der Waals surface area contributed by atoms with Gasteiger partial charge in [0.05, 0.1) is 0 Å². The second-order valence-corrected chi connectivity index (χ2v) is 5.41. The molecule has 2 rings (SSSR count). The van der Waals surface area contributed by atoms with Crippen LogP contribution in [0.15, 0.2) is 47.1 Å². The van der Waals surface area contributed by atoms with Crippen LogP contribution in [0.3, 0.4) is 0 Å². The number of carbonyl (C=O) groups is 1. The molecule has 20 heavy (non-hydrogen) atoms. The van der Waals surface area contributed by atoms with E-state index >= 15 is 0 Å². The van der Waals surface area contributed by atoms with E-state index in [2.05, 4.69) is 31.5 Å². The van der Waals surface area contributed by atoms with Gasteiger partial charge in [-0.2, -0.15) is 0 Å². The van der Waals surface area contributed by atoms with Gasteiger partial charge in [-0.3, -0.25) is 10.1 Å². The fourth-order valence-electron chi connectivity index (χ4n) is 1.53. The molecule has 0 bridgehead atoms. The summed E-state index contributed by atoms with van der Waals surface area (Å²) < 4.78 is 0.916. The Hall–Kier alpha value is -1.79. The van der Waals surface area contributed by atoms with Crippen LogP contribution in [-0.4, -0.2) is 16.0 Å². The maximum Gasteiger partial charge on any atom is 0.257 e. The molecule has 1 heterocycles. The van der Waals surface area contributed by atoms with Gasteiger partial charge in [0.25, 0.3) is 5.91 Å². The molecule has 1 amide bonds. The Morgan fingerprint density at radius 1 is 1.25 bits per heavy atom. The Balaban J connectivity index is 2.00. The summed E-state index contributed by atoms with van der Waals surface area (Å²) in [6.07, 6.45) is 1.66. The second kappa shape index (κ2) is 6.58. The highest BCUT2D eigenvalue weighted by Gasteiger charge is 2.08. The van der Waals surface area contributed by atoms with Gasteiger partial charge in [0, 0.05) is 16.2 Å². The molecule has 0 spiro atoms. The summed E-state index contributed by atoms with van der Waals surface area (Å²) in [4.78, 5) is 16.1. The normalized spacial score (nSPS) is 9.90. The number of hydrogen-bond acceptors (Lipinski definition) is 3. The number of hydrogen-bond donors (Lipinski definition) is 2. The fraction of sp³-hybridized carbons (Fsp3) is 0.0714. The summed E-state index contributed by atoms with van der Waals surface area (Å²) in [6.45, 7) is 1.91. The van der Waals surface area contributed by atoms with E-state index in [-0.39, 0.29) is 11.0 Å². The summed E-state index contributed by atoms with van der Waals surface area (Å²) in [6, 6.07) is 10.8. The molecule has 0 aliphatic rings. The highest BCUT2D eigenvalue weighted by Crippen LogP contribution is 2.11. The minimum Gasteiger partial charge on any atom is -0.317 e. The standard InChI is InChI=1S/C14H12BrN3OS/c1-9-3-2-8-16-12(9)17-14(20)18-13(19)10-4-6-11(15)7-5-10/h2-8H,1H3,(H2,16,17,18,19,20). The topological polar surface area (TPSA) is 54.0 Å². The van der Waals surface area contributed by atoms with Gasteiger partial charge in [0.1, 0.15) is 5.82 Å². The molecule has 0 atom stereocenters. The Morgan fingerprint density at radius 2 is 1.95 bits per heavy atom. The number of nitrogens with zero attached hydrogens (tertiary/aromatic N) is 1. The van der Waals surface area contributed by atoms with Gasteiger partial charge in [0.15, 0.2) is 5.11 Å². The van der Waals surface area contributed by atoms with Crippen molar-refractivity contribution in [3.63, 3.8) is 0 Å². The maximum atomic E-state index is 12.0. The van der Waals surface area contributed by atoms with Crippen LogP contribution < -0.4 is 10.6 Å². The lowest BCUT2D eigenvalue weighted by molar-refractivity contribution is 0.0977. The monoisotopic (exact) mass is 349 g/mol. The molecule has 102 valence electrons. The highest BCUT2D eigenvalue weighted by atomic mass is 79.9. The molecule has 2 N–H and O–H groups in total. The SMILES string of the molecule is Cc1cccnc1NC(=S)NC(=O)c1ccc(Br)cc1. The molecular formula is C14H12BrN3OS. The first-order valence-corrected chi connectivity index (χ1v) is 7.06. The molecule has 0 aliphatic heterocycles. The average Bonchev–Trinajstić information content (AvgIpc) is 2.42. The Kier molecular flexibility index (Phi) is 4.81. The van der Waals surface area contributed by atoms with Gasteiger partial charge in [-0.25, -0.2) is 4.98 Å². The predicted octanol–water partition coefficient (Wildman–Crippen LogP) is 3.28. The largest absolute Gasteiger partial charge is 0.317 e. The van der Waals surface area contributed by atoms with Crippen molar-refractivity contribution in [3.05, 3.63) is 58.2 Å². The van der Waals surface area contributed by atoms with E-state index in [4.69, 9.17) is 12.2 Å². The maximum absolute atomic E-state index is 12.0. The zero-order chi connectivity index (χ0) is 14.5. The first kappa shape index (κ1) is 14.6. The quantitative estimate of drug-likeness (QED) is 0.817. The summed E-state index contributed by atoms with van der Waals surface area (Å²) in [5.74, 6) is 0.372. The summed E-state index contributed by atoms with van der Waals surface area (Å²) >= 11 is 8.42. The molecule has 6 heteroatoms. The lowest BCUT2D eigenvalue weighted by Gasteiger charge is -2.10. The molecule has 2 aromatic rings. The third-order valence-corrected chi connectivity index (χ3v) is 3.31. The van der Waals surface area contributed by atoms with Crippen molar-refractivity contribution in [1.82, 2.24) is 10.3 Å². The molecular weight excluding hydrogens is 338 g/mol. The van der Waals surface area contributed by atoms with Gasteiger partial charge < -0.3 is 5.32 Å². The Labute approximate surface area is 130 Å². The van der Waals surface area contributed by atoms with Crippen LogP contribution in [0.25, 0.3) is 0 Å². The molecule has 0 radical (unpaired) electrons. The summed E-state index contributed by atoms with van der Waals surface area (Å²) in [5.41, 5.74) is 1.49. The third-order valence-electron chi connectivity index (χ3n) is 2.57. The molecule has 1 aromatic heterocycles. The van der Waals surface area contributed by atoms with Crippen molar-refractivity contribution in [2.24, 2.45) is 0 Å². The van der Waals surface area contributed by atoms with E-state index in [9.17, 15) is 4.79 Å². The van der Waals surface area contributed by atoms with Gasteiger partial charge in [0.2, 0.25) is 0 Å². The number of aryl methyl sites for hydroxylation is 1. The second-order valence-electron chi connectivity index (χ2n) is 4.08. The average molecular weight is 350 g/mol. The first-order valence-electron chi connectivity index (χ1n) is 5.86. The van der Waals surface area contributed by atoms with Gasteiger partial charge in [-0.05, 0) is 55.0 Å². The number of halogens is 1. The number of thiocarbonyl (C=S) groups is 1. The first-order chi connectivity index (χ1) is 9.56. The number of rotatable bonds is 2. The van der Waals surface area contributed by atoms with Crippen molar-refractivity contribution in [1.29, 1.82) is 0 Å². The van der Waals surface area contributed by atoms with Crippen molar-refractivity contribution in [3.8, 4) is 0 Å². The van der Waals surface area contributed by atoms with E-state index in [1.807, 2.05) is 19.1 Å². The zero-order valence-corrected chi connectivity index (χ0v) is 13.1. The van der Waals surface area contributed by atoms with Gasteiger partial charge in [-0.1, -0.05) is 22.0 Å². The van der Waals surface area contributed by atoms with Crippen molar-refractivity contribution in [2.45, 2.75) is 6.92 Å². The van der Waals surface area contributed by atoms with E-state index in [0.717, 1.165) is 10.0 Å². The number of nitrogens with one attached hydrogen (secondary N) is 2. The zero-order valence-electron chi connectivity index (χ0n) is 10.7. The van der Waals surface area contributed by atoms with E-state index in [0.29, 0.717) is 11.4 Å². The van der Waals surface area contributed by atoms with E-state index in [1.54, 1.807) is 30.5 Å². The minimum atomic E-state index is -0.261. The number of amides is 1. The number of aromatic nitrogens is 1. The van der Waals surface area contributed by atoms with Crippen LogP contribution in [0, 0.1) is 6.92 Å². The molecule has 0 aliphatic carbocycles. The lowest BCUT2D eigenvalue weighted by Crippen LogP contribution is -2.34. The van der Waals surface area contributed by atoms with Crippen LogP contribution in [0.5, 0.6) is 0 Å². The van der Waals surface area contributed by atoms with Gasteiger partial charge in [-0.15, -0.1) is 0 Å². The van der Waals surface area contributed by atoms with Crippen LogP contribution >= 0.6 is 28.1 Å². The fourth-order valence-corrected chi connectivity index (χ4v) is 1.99. The highest BCUT2D eigenvalue weighted by molar-refractivity contribution is 9.10. The lowest BCUT2D eigenvalue weighted by atomic mass is 10.2. The van der Waals surface area contributed by atoms with Crippen LogP contribution in [0.4, 0.5) is 5.82 Å². The smallest absolute Gasteiger partial charge is 0.257 e. The van der Waals surface area contributed by atoms with Crippen LogP contribution in [0.1, 0.15) is 15.9 Å². The number of carbonyl (C=O) groups excluding carboxylic acids is 1. The van der Waals surface area contributed by atoms with Crippen LogP contribution in [-0.2, 0) is 0 Å². The number of anilines is 1. The minimum absolute atomic E-state index is 0.222. The molecule has 0 saturated heterocycles. The van der Waals surface area contributed by atoms with E-state index in [1.165, 1.54) is 0 Å². The van der Waals surface area contributed by atoms with Crippen molar-refractivity contribution in [2.75, 3.05) is 5.32 Å². The Morgan fingerprint density at radius 3 is 2.60 bits per heavy atom. The number of benzene rings is 1. The summed E-state index contributed by atoms with van der Waals surface area (Å²) in [5, 5.41) is 5.74. The van der Waals surface area contributed by atoms with Crippen molar-refractivity contribution < 1.29 is 4.79 Å². The van der Waals surface area contributed by atoms with Crippen molar-refractivity contribution >= 4 is 45.0 Å². The molecule has 1 aromatic carbocycles. The molecule has 0 saturated carbocycles. The Bertz CT molecular complexity index is 643. The number of pyridine rings is 1. The summed E-state index contributed by atoms with van der Waals surface area (Å²) in [7, 11) is 0. The van der Waals surface area contributed by atoms with E-state index < -0.39 is 0 Å².